The summed E-state index contributed by atoms with van der Waals surface area (Å²) >= 11 is 0. The van der Waals surface area contributed by atoms with Crippen molar-refractivity contribution in [3.63, 3.8) is 0 Å². The Morgan fingerprint density at radius 3 is 0.984 bits per heavy atom. The number of aliphatic hydroxyl groups is 1. The van der Waals surface area contributed by atoms with Crippen LogP contribution in [0.25, 0.3) is 0 Å². The van der Waals surface area contributed by atoms with Gasteiger partial charge in [0.2, 0.25) is 23.6 Å². The molecule has 0 fully saturated rings. The van der Waals surface area contributed by atoms with Crippen LogP contribution in [0.5, 0.6) is 0 Å². The standard InChI is InChI=1S/C51H64N4O9/c1-33(2)44(48(59)52-42(50(61)63-5)29-37-23-15-9-16-24-37)54-46(57)39(27-35-19-11-7-12-20-35)31-41(56)32-40(28-36-21-13-8-14-22-36)47(58)55-45(34(3)4)49(60)53-43(51(62)64-6)30-38-25-17-10-18-26-38/h7-26,33-34,39-45,56H,27-32H2,1-6H3,(H,52,59)(H,53,60)(H,54,57)(H,55,58)/t39?,40?,41?,42-,43-,44-,45?/m0/s1. The molecule has 0 saturated carbocycles. The lowest BCUT2D eigenvalue weighted by Crippen LogP contribution is -2.55. The van der Waals surface area contributed by atoms with E-state index in [-0.39, 0.29) is 50.4 Å². The van der Waals surface area contributed by atoms with E-state index in [1.165, 1.54) is 14.2 Å². The zero-order valence-corrected chi connectivity index (χ0v) is 37.7. The van der Waals surface area contributed by atoms with E-state index in [1.807, 2.05) is 121 Å². The van der Waals surface area contributed by atoms with Gasteiger partial charge in [0, 0.05) is 24.7 Å². The van der Waals surface area contributed by atoms with Gasteiger partial charge < -0.3 is 35.8 Å². The highest BCUT2D eigenvalue weighted by Gasteiger charge is 2.35. The summed E-state index contributed by atoms with van der Waals surface area (Å²) in [5.41, 5.74) is 3.29. The molecule has 0 bridgehead atoms. The summed E-state index contributed by atoms with van der Waals surface area (Å²) in [4.78, 5) is 81.9. The van der Waals surface area contributed by atoms with Crippen LogP contribution in [-0.2, 0) is 63.9 Å². The summed E-state index contributed by atoms with van der Waals surface area (Å²) in [5, 5.41) is 23.2. The van der Waals surface area contributed by atoms with Crippen LogP contribution in [0.2, 0.25) is 0 Å². The molecule has 0 aliphatic heterocycles. The first-order valence-corrected chi connectivity index (χ1v) is 21.9. The van der Waals surface area contributed by atoms with Crippen molar-refractivity contribution in [2.24, 2.45) is 23.7 Å². The Labute approximate surface area is 377 Å². The van der Waals surface area contributed by atoms with E-state index in [0.717, 1.165) is 22.3 Å². The number of aliphatic hydroxyl groups excluding tert-OH is 1. The highest BCUT2D eigenvalue weighted by Crippen LogP contribution is 2.23. The third-order valence-electron chi connectivity index (χ3n) is 11.2. The lowest BCUT2D eigenvalue weighted by Gasteiger charge is -2.29. The number of hydrogen-bond donors (Lipinski definition) is 5. The molecule has 0 heterocycles. The molecule has 4 unspecified atom stereocenters. The molecule has 0 aliphatic rings. The molecule has 4 rings (SSSR count). The second kappa shape index (κ2) is 25.7. The average Bonchev–Trinajstić information content (AvgIpc) is 3.29. The number of esters is 2. The van der Waals surface area contributed by atoms with Gasteiger partial charge in [-0.15, -0.1) is 0 Å². The van der Waals surface area contributed by atoms with E-state index in [2.05, 4.69) is 21.3 Å². The van der Waals surface area contributed by atoms with Crippen molar-refractivity contribution in [3.05, 3.63) is 144 Å². The molecule has 0 radical (unpaired) electrons. The van der Waals surface area contributed by atoms with Crippen molar-refractivity contribution in [2.75, 3.05) is 14.2 Å². The largest absolute Gasteiger partial charge is 0.467 e. The van der Waals surface area contributed by atoms with E-state index >= 15 is 0 Å². The first-order chi connectivity index (χ1) is 30.7. The van der Waals surface area contributed by atoms with Crippen LogP contribution in [0.1, 0.15) is 62.8 Å². The molecule has 7 atom stereocenters. The molecule has 0 aliphatic carbocycles. The van der Waals surface area contributed by atoms with Crippen molar-refractivity contribution in [3.8, 4) is 0 Å². The minimum Gasteiger partial charge on any atom is -0.467 e. The Morgan fingerprint density at radius 1 is 0.438 bits per heavy atom. The number of methoxy groups -OCH3 is 2. The lowest BCUT2D eigenvalue weighted by atomic mass is 9.86. The van der Waals surface area contributed by atoms with E-state index in [9.17, 15) is 33.9 Å². The molecule has 13 heteroatoms. The van der Waals surface area contributed by atoms with Gasteiger partial charge in [-0.05, 0) is 59.8 Å². The van der Waals surface area contributed by atoms with Gasteiger partial charge in [0.05, 0.1) is 20.3 Å². The van der Waals surface area contributed by atoms with Crippen molar-refractivity contribution in [2.45, 2.75) is 96.5 Å². The van der Waals surface area contributed by atoms with Crippen LogP contribution in [0.3, 0.4) is 0 Å². The Hall–Kier alpha value is -6.34. The van der Waals surface area contributed by atoms with E-state index in [4.69, 9.17) is 9.47 Å². The number of rotatable bonds is 24. The van der Waals surface area contributed by atoms with E-state index < -0.39 is 77.7 Å². The second-order valence-electron chi connectivity index (χ2n) is 16.9. The number of benzene rings is 4. The van der Waals surface area contributed by atoms with Gasteiger partial charge in [0.15, 0.2) is 0 Å². The SMILES string of the molecule is COC(=O)[C@H](Cc1ccccc1)NC(=O)C(NC(=O)C(Cc1ccccc1)CC(O)CC(Cc1ccccc1)C(=O)N[C@H](C(=O)N[C@@H](Cc1ccccc1)C(=O)OC)C(C)C)C(C)C. The number of carbonyl (C=O) groups excluding carboxylic acids is 6. The minimum absolute atomic E-state index is 0.0566. The lowest BCUT2D eigenvalue weighted by molar-refractivity contribution is -0.146. The molecule has 342 valence electrons. The normalized spacial score (nSPS) is 14.5. The molecule has 4 amide bonds. The summed E-state index contributed by atoms with van der Waals surface area (Å²) in [6, 6.07) is 32.9. The quantitative estimate of drug-likeness (QED) is 0.0609. The molecule has 0 saturated heterocycles. The maximum atomic E-state index is 14.3. The summed E-state index contributed by atoms with van der Waals surface area (Å²) in [7, 11) is 2.49. The van der Waals surface area contributed by atoms with Crippen LogP contribution < -0.4 is 21.3 Å². The van der Waals surface area contributed by atoms with Crippen LogP contribution in [0.15, 0.2) is 121 Å². The summed E-state index contributed by atoms with van der Waals surface area (Å²) < 4.78 is 10.00. The van der Waals surface area contributed by atoms with Gasteiger partial charge >= 0.3 is 11.9 Å². The Balaban J connectivity index is 1.54. The predicted molar refractivity (Wildman–Crippen MR) is 244 cm³/mol. The fourth-order valence-electron chi connectivity index (χ4n) is 7.62. The summed E-state index contributed by atoms with van der Waals surface area (Å²) in [5.74, 6) is -5.76. The van der Waals surface area contributed by atoms with Crippen LogP contribution in [0.4, 0.5) is 0 Å². The number of hydrogen-bond acceptors (Lipinski definition) is 9. The zero-order chi connectivity index (χ0) is 46.6. The second-order valence-corrected chi connectivity index (χ2v) is 16.9. The molecular weight excluding hydrogens is 813 g/mol. The number of carbonyl (C=O) groups is 6. The van der Waals surface area contributed by atoms with Crippen LogP contribution >= 0.6 is 0 Å². The maximum absolute atomic E-state index is 14.3. The first-order valence-electron chi connectivity index (χ1n) is 21.9. The molecular formula is C51H64N4O9. The van der Waals surface area contributed by atoms with Crippen molar-refractivity contribution < 1.29 is 43.3 Å². The number of amides is 4. The Morgan fingerprint density at radius 2 is 0.719 bits per heavy atom. The fraction of sp³-hybridized carbons (Fsp3) is 0.412. The minimum atomic E-state index is -1.17. The van der Waals surface area contributed by atoms with Gasteiger partial charge in [0.1, 0.15) is 24.2 Å². The first kappa shape index (κ1) is 50.3. The van der Waals surface area contributed by atoms with E-state index in [0.29, 0.717) is 0 Å². The molecule has 13 nitrogen and oxygen atoms in total. The average molecular weight is 877 g/mol. The topological polar surface area (TPSA) is 189 Å². The third-order valence-corrected chi connectivity index (χ3v) is 11.2. The van der Waals surface area contributed by atoms with Gasteiger partial charge in [0.25, 0.3) is 0 Å². The maximum Gasteiger partial charge on any atom is 0.328 e. The fourth-order valence-corrected chi connectivity index (χ4v) is 7.62. The molecule has 4 aromatic carbocycles. The van der Waals surface area contributed by atoms with Gasteiger partial charge in [-0.25, -0.2) is 9.59 Å². The van der Waals surface area contributed by atoms with Gasteiger partial charge in [-0.3, -0.25) is 19.2 Å². The monoisotopic (exact) mass is 876 g/mol. The van der Waals surface area contributed by atoms with E-state index in [1.54, 1.807) is 27.7 Å². The predicted octanol–water partition coefficient (Wildman–Crippen LogP) is 4.93. The summed E-state index contributed by atoms with van der Waals surface area (Å²) in [6.07, 6.45) is -0.458. The van der Waals surface area contributed by atoms with Gasteiger partial charge in [-0.1, -0.05) is 149 Å². The summed E-state index contributed by atoms with van der Waals surface area (Å²) in [6.45, 7) is 7.14. The van der Waals surface area contributed by atoms with Crippen molar-refractivity contribution >= 4 is 35.6 Å². The highest BCUT2D eigenvalue weighted by atomic mass is 16.5. The highest BCUT2D eigenvalue weighted by molar-refractivity contribution is 5.92. The molecule has 0 spiro atoms. The van der Waals surface area contributed by atoms with Crippen molar-refractivity contribution in [1.82, 2.24) is 21.3 Å². The zero-order valence-electron chi connectivity index (χ0n) is 37.7. The number of ether oxygens (including phenoxy) is 2. The molecule has 4 aromatic rings. The van der Waals surface area contributed by atoms with Crippen molar-refractivity contribution in [1.29, 1.82) is 0 Å². The van der Waals surface area contributed by atoms with Crippen LogP contribution in [-0.4, -0.2) is 85.2 Å². The molecule has 64 heavy (non-hydrogen) atoms. The van der Waals surface area contributed by atoms with Gasteiger partial charge in [-0.2, -0.15) is 0 Å². The molecule has 5 N–H and O–H groups in total. The Bertz CT molecular complexity index is 1940. The Kier molecular flexibility index (Phi) is 20.2. The van der Waals surface area contributed by atoms with Crippen LogP contribution in [0, 0.1) is 23.7 Å². The third kappa shape index (κ3) is 16.1. The smallest absolute Gasteiger partial charge is 0.328 e. The number of nitrogens with one attached hydrogen (secondary N) is 4. The molecule has 0 aromatic heterocycles.